The molecule has 0 spiro atoms. The van der Waals surface area contributed by atoms with Gasteiger partial charge in [0.05, 0.1) is 13.2 Å². The molecule has 1 N–H and O–H groups in total. The Morgan fingerprint density at radius 3 is 2.05 bits per heavy atom. The van der Waals surface area contributed by atoms with Crippen molar-refractivity contribution in [2.24, 2.45) is 5.41 Å². The summed E-state index contributed by atoms with van der Waals surface area (Å²) in [5.41, 5.74) is 0.293. The lowest BCUT2D eigenvalue weighted by molar-refractivity contribution is 0.0650. The number of ether oxygens (including phenoxy) is 2. The standard InChI is InChI=1S/C16H34N2O2/c1-5-19-11-9-18(10-12-20-6-2)14-16(3,4)13-17-15-7-8-15/h15,17H,5-14H2,1-4H3. The summed E-state index contributed by atoms with van der Waals surface area (Å²) in [6, 6.07) is 0.787. The summed E-state index contributed by atoms with van der Waals surface area (Å²) in [6.07, 6.45) is 2.71. The third kappa shape index (κ3) is 8.90. The molecule has 0 aromatic rings. The molecule has 4 heteroatoms. The monoisotopic (exact) mass is 286 g/mol. The van der Waals surface area contributed by atoms with E-state index in [4.69, 9.17) is 9.47 Å². The molecule has 120 valence electrons. The Kier molecular flexibility index (Phi) is 8.69. The fourth-order valence-corrected chi connectivity index (χ4v) is 2.32. The third-order valence-electron chi connectivity index (χ3n) is 3.61. The summed E-state index contributed by atoms with van der Waals surface area (Å²) in [4.78, 5) is 2.47. The van der Waals surface area contributed by atoms with E-state index in [-0.39, 0.29) is 0 Å². The van der Waals surface area contributed by atoms with Crippen LogP contribution in [0.2, 0.25) is 0 Å². The Morgan fingerprint density at radius 2 is 1.60 bits per heavy atom. The lowest BCUT2D eigenvalue weighted by Crippen LogP contribution is -2.43. The molecule has 0 saturated heterocycles. The van der Waals surface area contributed by atoms with E-state index in [1.165, 1.54) is 12.8 Å². The van der Waals surface area contributed by atoms with Gasteiger partial charge < -0.3 is 14.8 Å². The van der Waals surface area contributed by atoms with Crippen LogP contribution in [0.25, 0.3) is 0 Å². The normalized spacial score (nSPS) is 16.1. The second kappa shape index (κ2) is 9.72. The zero-order valence-corrected chi connectivity index (χ0v) is 13.9. The minimum atomic E-state index is 0.293. The molecule has 0 aliphatic heterocycles. The fourth-order valence-electron chi connectivity index (χ4n) is 2.32. The first-order chi connectivity index (χ1) is 9.57. The van der Waals surface area contributed by atoms with Gasteiger partial charge in [-0.1, -0.05) is 13.8 Å². The Hall–Kier alpha value is -0.160. The van der Waals surface area contributed by atoms with Crippen LogP contribution in [0.3, 0.4) is 0 Å². The number of nitrogens with zero attached hydrogens (tertiary/aromatic N) is 1. The molecule has 0 aromatic heterocycles. The van der Waals surface area contributed by atoms with Crippen molar-refractivity contribution in [1.29, 1.82) is 0 Å². The predicted molar refractivity (Wildman–Crippen MR) is 84.2 cm³/mol. The van der Waals surface area contributed by atoms with Gasteiger partial charge in [0.2, 0.25) is 0 Å². The van der Waals surface area contributed by atoms with Crippen molar-refractivity contribution in [2.75, 3.05) is 52.6 Å². The van der Waals surface area contributed by atoms with Gasteiger partial charge >= 0.3 is 0 Å². The van der Waals surface area contributed by atoms with Crippen molar-refractivity contribution in [3.8, 4) is 0 Å². The number of nitrogens with one attached hydrogen (secondary N) is 1. The highest BCUT2D eigenvalue weighted by atomic mass is 16.5. The van der Waals surface area contributed by atoms with E-state index in [2.05, 4.69) is 24.1 Å². The van der Waals surface area contributed by atoms with Gasteiger partial charge in [-0.3, -0.25) is 4.90 Å². The largest absolute Gasteiger partial charge is 0.380 e. The second-order valence-corrected chi connectivity index (χ2v) is 6.49. The molecular weight excluding hydrogens is 252 g/mol. The SMILES string of the molecule is CCOCCN(CCOCC)CC(C)(C)CNC1CC1. The maximum Gasteiger partial charge on any atom is 0.0593 e. The quantitative estimate of drug-likeness (QED) is 0.526. The topological polar surface area (TPSA) is 33.7 Å². The van der Waals surface area contributed by atoms with Crippen LogP contribution in [0.15, 0.2) is 0 Å². The number of rotatable bonds is 13. The minimum Gasteiger partial charge on any atom is -0.380 e. The van der Waals surface area contributed by atoms with E-state index >= 15 is 0 Å². The molecule has 0 unspecified atom stereocenters. The van der Waals surface area contributed by atoms with Crippen LogP contribution in [0.5, 0.6) is 0 Å². The molecule has 0 radical (unpaired) electrons. The van der Waals surface area contributed by atoms with Crippen molar-refractivity contribution in [3.05, 3.63) is 0 Å². The van der Waals surface area contributed by atoms with Crippen molar-refractivity contribution < 1.29 is 9.47 Å². The molecule has 4 nitrogen and oxygen atoms in total. The van der Waals surface area contributed by atoms with Gasteiger partial charge in [-0.05, 0) is 32.1 Å². The van der Waals surface area contributed by atoms with Crippen molar-refractivity contribution >= 4 is 0 Å². The number of hydrogen-bond donors (Lipinski definition) is 1. The highest BCUT2D eigenvalue weighted by Gasteiger charge is 2.26. The molecule has 1 saturated carbocycles. The fraction of sp³-hybridized carbons (Fsp3) is 1.00. The van der Waals surface area contributed by atoms with Gasteiger partial charge in [0.15, 0.2) is 0 Å². The van der Waals surface area contributed by atoms with Crippen molar-refractivity contribution in [2.45, 2.75) is 46.6 Å². The Morgan fingerprint density at radius 1 is 1.05 bits per heavy atom. The maximum atomic E-state index is 5.49. The molecule has 0 amide bonds. The lowest BCUT2D eigenvalue weighted by atomic mass is 9.92. The van der Waals surface area contributed by atoms with E-state index in [9.17, 15) is 0 Å². The van der Waals surface area contributed by atoms with E-state index in [0.717, 1.165) is 58.6 Å². The Balaban J connectivity index is 2.29. The van der Waals surface area contributed by atoms with Crippen LogP contribution < -0.4 is 5.32 Å². The lowest BCUT2D eigenvalue weighted by Gasteiger charge is -2.33. The van der Waals surface area contributed by atoms with Gasteiger partial charge in [-0.2, -0.15) is 0 Å². The summed E-state index contributed by atoms with van der Waals surface area (Å²) < 4.78 is 11.0. The van der Waals surface area contributed by atoms with Crippen LogP contribution in [0.4, 0.5) is 0 Å². The average molecular weight is 286 g/mol. The smallest absolute Gasteiger partial charge is 0.0593 e. The molecule has 1 aliphatic rings. The zero-order chi connectivity index (χ0) is 14.8. The van der Waals surface area contributed by atoms with Crippen LogP contribution in [-0.4, -0.2) is 63.5 Å². The first kappa shape index (κ1) is 17.9. The van der Waals surface area contributed by atoms with Gasteiger partial charge in [0.25, 0.3) is 0 Å². The maximum absolute atomic E-state index is 5.49. The molecule has 0 aromatic carbocycles. The van der Waals surface area contributed by atoms with Crippen LogP contribution in [-0.2, 0) is 9.47 Å². The Labute approximate surface area is 125 Å². The number of hydrogen-bond acceptors (Lipinski definition) is 4. The first-order valence-corrected chi connectivity index (χ1v) is 8.18. The zero-order valence-electron chi connectivity index (χ0n) is 13.9. The van der Waals surface area contributed by atoms with Crippen LogP contribution >= 0.6 is 0 Å². The van der Waals surface area contributed by atoms with E-state index in [1.807, 2.05) is 13.8 Å². The van der Waals surface area contributed by atoms with E-state index in [1.54, 1.807) is 0 Å². The predicted octanol–water partition coefficient (Wildman–Crippen LogP) is 2.14. The Bertz CT molecular complexity index is 233. The van der Waals surface area contributed by atoms with Gasteiger partial charge in [0, 0.05) is 45.4 Å². The molecule has 1 rings (SSSR count). The molecule has 0 atom stereocenters. The molecule has 1 fully saturated rings. The van der Waals surface area contributed by atoms with E-state index < -0.39 is 0 Å². The van der Waals surface area contributed by atoms with Gasteiger partial charge in [-0.15, -0.1) is 0 Å². The first-order valence-electron chi connectivity index (χ1n) is 8.18. The molecule has 0 heterocycles. The summed E-state index contributed by atoms with van der Waals surface area (Å²) >= 11 is 0. The minimum absolute atomic E-state index is 0.293. The molecule has 0 bridgehead atoms. The molecule has 20 heavy (non-hydrogen) atoms. The van der Waals surface area contributed by atoms with Crippen molar-refractivity contribution in [3.63, 3.8) is 0 Å². The molecular formula is C16H34N2O2. The van der Waals surface area contributed by atoms with E-state index in [0.29, 0.717) is 5.41 Å². The van der Waals surface area contributed by atoms with Crippen LogP contribution in [0.1, 0.15) is 40.5 Å². The summed E-state index contributed by atoms with van der Waals surface area (Å²) in [5, 5.41) is 3.65. The van der Waals surface area contributed by atoms with Gasteiger partial charge in [-0.25, -0.2) is 0 Å². The summed E-state index contributed by atoms with van der Waals surface area (Å²) in [5.74, 6) is 0. The summed E-state index contributed by atoms with van der Waals surface area (Å²) in [7, 11) is 0. The highest BCUT2D eigenvalue weighted by molar-refractivity contribution is 4.85. The highest BCUT2D eigenvalue weighted by Crippen LogP contribution is 2.22. The van der Waals surface area contributed by atoms with Gasteiger partial charge in [0.1, 0.15) is 0 Å². The molecule has 1 aliphatic carbocycles. The second-order valence-electron chi connectivity index (χ2n) is 6.49. The van der Waals surface area contributed by atoms with Crippen LogP contribution in [0, 0.1) is 5.41 Å². The van der Waals surface area contributed by atoms with Crippen molar-refractivity contribution in [1.82, 2.24) is 10.2 Å². The summed E-state index contributed by atoms with van der Waals surface area (Å²) in [6.45, 7) is 16.2. The third-order valence-corrected chi connectivity index (χ3v) is 3.61. The average Bonchev–Trinajstić information content (AvgIpc) is 3.20.